The number of nitro groups is 1. The maximum Gasteiger partial charge on any atom is 0.534 e. The van der Waals surface area contributed by atoms with Gasteiger partial charge in [0.25, 0.3) is 5.69 Å². The Morgan fingerprint density at radius 3 is 2.52 bits per heavy atom. The first-order chi connectivity index (χ1) is 12.5. The summed E-state index contributed by atoms with van der Waals surface area (Å²) >= 11 is 0. The van der Waals surface area contributed by atoms with E-state index in [9.17, 15) is 36.5 Å². The summed E-state index contributed by atoms with van der Waals surface area (Å²) in [4.78, 5) is 23.3. The van der Waals surface area contributed by atoms with Crippen molar-refractivity contribution >= 4 is 21.6 Å². The molecule has 7 nitrogen and oxygen atoms in total. The second-order valence-corrected chi connectivity index (χ2v) is 7.22. The van der Waals surface area contributed by atoms with E-state index in [1.165, 1.54) is 18.2 Å². The number of rotatable bonds is 6. The first-order valence-corrected chi connectivity index (χ1v) is 8.97. The van der Waals surface area contributed by atoms with Crippen LogP contribution in [0.5, 0.6) is 0 Å². The third-order valence-corrected chi connectivity index (χ3v) is 5.06. The summed E-state index contributed by atoms with van der Waals surface area (Å²) in [6.07, 6.45) is 1.60. The summed E-state index contributed by atoms with van der Waals surface area (Å²) in [6, 6.07) is 4.92. The van der Waals surface area contributed by atoms with Crippen LogP contribution in [0.3, 0.4) is 0 Å². The lowest BCUT2D eigenvalue weighted by atomic mass is 9.68. The van der Waals surface area contributed by atoms with Gasteiger partial charge in [0, 0.05) is 12.5 Å². The predicted octanol–water partition coefficient (Wildman–Crippen LogP) is 3.52. The first kappa shape index (κ1) is 20.6. The molecule has 1 aromatic carbocycles. The van der Waals surface area contributed by atoms with E-state index in [0.29, 0.717) is 0 Å². The Balaban J connectivity index is 2.76. The third kappa shape index (κ3) is 3.59. The molecule has 0 heterocycles. The van der Waals surface area contributed by atoms with Crippen LogP contribution in [-0.2, 0) is 24.5 Å². The number of ketones is 1. The molecule has 0 aliphatic heterocycles. The van der Waals surface area contributed by atoms with Crippen molar-refractivity contribution in [1.82, 2.24) is 0 Å². The third-order valence-electron chi connectivity index (χ3n) is 4.09. The molecule has 1 aromatic rings. The largest absolute Gasteiger partial charge is 0.534 e. The average Bonchev–Trinajstić information content (AvgIpc) is 2.57. The Labute approximate surface area is 152 Å². The monoisotopic (exact) mass is 405 g/mol. The maximum atomic E-state index is 12.8. The van der Waals surface area contributed by atoms with Crippen molar-refractivity contribution in [1.29, 1.82) is 0 Å². The van der Waals surface area contributed by atoms with Gasteiger partial charge in [0.2, 0.25) is 0 Å². The molecule has 1 aliphatic rings. The molecular formula is C16H14F3NO6S. The van der Waals surface area contributed by atoms with Crippen molar-refractivity contribution in [3.05, 3.63) is 64.4 Å². The van der Waals surface area contributed by atoms with Crippen molar-refractivity contribution in [3.8, 4) is 0 Å². The van der Waals surface area contributed by atoms with Crippen molar-refractivity contribution in [2.45, 2.75) is 30.2 Å². The number of nitro benzene ring substituents is 1. The molecule has 27 heavy (non-hydrogen) atoms. The van der Waals surface area contributed by atoms with E-state index in [1.54, 1.807) is 0 Å². The summed E-state index contributed by atoms with van der Waals surface area (Å²) < 4.78 is 65.6. The normalized spacial score (nSPS) is 20.7. The van der Waals surface area contributed by atoms with Crippen LogP contribution in [0, 0.1) is 10.1 Å². The highest BCUT2D eigenvalue weighted by Crippen LogP contribution is 2.47. The van der Waals surface area contributed by atoms with Crippen LogP contribution in [0.4, 0.5) is 18.9 Å². The second-order valence-electron chi connectivity index (χ2n) is 5.69. The molecule has 0 unspecified atom stereocenters. The van der Waals surface area contributed by atoms with E-state index in [4.69, 9.17) is 0 Å². The molecule has 0 saturated carbocycles. The van der Waals surface area contributed by atoms with Gasteiger partial charge < -0.3 is 4.18 Å². The van der Waals surface area contributed by atoms with Crippen LogP contribution in [-0.4, -0.2) is 24.6 Å². The predicted molar refractivity (Wildman–Crippen MR) is 88.0 cm³/mol. The van der Waals surface area contributed by atoms with Crippen molar-refractivity contribution < 1.29 is 35.5 Å². The Kier molecular flexibility index (Phi) is 5.45. The number of para-hydroxylation sites is 1. The molecule has 0 saturated heterocycles. The first-order valence-electron chi connectivity index (χ1n) is 7.57. The summed E-state index contributed by atoms with van der Waals surface area (Å²) in [6.45, 7) is 3.44. The minimum Gasteiger partial charge on any atom is -0.379 e. The number of nitrogens with zero attached hydrogens (tertiary/aromatic N) is 1. The fourth-order valence-electron chi connectivity index (χ4n) is 2.95. The Morgan fingerprint density at radius 2 is 1.96 bits per heavy atom. The number of alkyl halides is 3. The van der Waals surface area contributed by atoms with Gasteiger partial charge in [-0.05, 0) is 18.9 Å². The lowest BCUT2D eigenvalue weighted by Gasteiger charge is -2.35. The number of benzene rings is 1. The Morgan fingerprint density at radius 1 is 1.33 bits per heavy atom. The molecule has 0 amide bonds. The molecule has 11 heteroatoms. The van der Waals surface area contributed by atoms with E-state index in [1.807, 2.05) is 0 Å². The van der Waals surface area contributed by atoms with Gasteiger partial charge in [0.05, 0.1) is 10.5 Å². The fraction of sp³-hybridized carbons (Fsp3) is 0.312. The standard InChI is InChI=1S/C16H14F3NO6S/c1-2-10-15(11-6-3-4-7-12(11)20(22)23)13(21)8-5-9-14(15)26-27(24,25)16(17,18)19/h2-4,6-7,9H,1,5,8,10H2/t15-/m0/s1. The van der Waals surface area contributed by atoms with E-state index >= 15 is 0 Å². The molecule has 2 rings (SSSR count). The average molecular weight is 405 g/mol. The molecule has 0 spiro atoms. The number of allylic oxidation sites excluding steroid dienone is 3. The molecule has 1 atom stereocenters. The zero-order chi connectivity index (χ0) is 20.5. The van der Waals surface area contributed by atoms with Crippen molar-refractivity contribution in [2.75, 3.05) is 0 Å². The van der Waals surface area contributed by atoms with E-state index in [2.05, 4.69) is 10.8 Å². The number of Topliss-reactive ketones (excluding diaryl/α,β-unsaturated/α-hetero) is 1. The smallest absolute Gasteiger partial charge is 0.379 e. The van der Waals surface area contributed by atoms with E-state index < -0.39 is 43.2 Å². The summed E-state index contributed by atoms with van der Waals surface area (Å²) in [5, 5.41) is 11.4. The lowest BCUT2D eigenvalue weighted by Crippen LogP contribution is -2.43. The highest BCUT2D eigenvalue weighted by molar-refractivity contribution is 7.87. The molecule has 0 N–H and O–H groups in total. The maximum absolute atomic E-state index is 12.8. The second kappa shape index (κ2) is 7.14. The van der Waals surface area contributed by atoms with Crippen LogP contribution < -0.4 is 0 Å². The fourth-order valence-corrected chi connectivity index (χ4v) is 3.49. The Hall–Kier alpha value is -2.69. The van der Waals surface area contributed by atoms with Gasteiger partial charge in [0.15, 0.2) is 5.78 Å². The lowest BCUT2D eigenvalue weighted by molar-refractivity contribution is -0.386. The summed E-state index contributed by atoms with van der Waals surface area (Å²) in [5.74, 6) is -1.52. The van der Waals surface area contributed by atoms with Gasteiger partial charge in [-0.1, -0.05) is 24.3 Å². The minimum atomic E-state index is -6.08. The van der Waals surface area contributed by atoms with Crippen LogP contribution in [0.1, 0.15) is 24.8 Å². The van der Waals surface area contributed by atoms with Gasteiger partial charge >= 0.3 is 15.6 Å². The molecule has 0 radical (unpaired) electrons. The SMILES string of the molecule is C=CC[C@]1(c2ccccc2[N+](=O)[O-])C(=O)CCC=C1OS(=O)(=O)C(F)(F)F. The summed E-state index contributed by atoms with van der Waals surface area (Å²) in [7, 11) is -6.08. The molecule has 1 aliphatic carbocycles. The van der Waals surface area contributed by atoms with Crippen molar-refractivity contribution in [3.63, 3.8) is 0 Å². The van der Waals surface area contributed by atoms with Gasteiger partial charge in [-0.25, -0.2) is 0 Å². The molecule has 0 bridgehead atoms. The number of carbonyl (C=O) groups is 1. The van der Waals surface area contributed by atoms with E-state index in [0.717, 1.165) is 18.2 Å². The molecule has 146 valence electrons. The molecular weight excluding hydrogens is 391 g/mol. The van der Waals surface area contributed by atoms with Crippen LogP contribution in [0.15, 0.2) is 48.8 Å². The zero-order valence-electron chi connectivity index (χ0n) is 13.7. The highest BCUT2D eigenvalue weighted by atomic mass is 32.2. The van der Waals surface area contributed by atoms with Crippen LogP contribution >= 0.6 is 0 Å². The van der Waals surface area contributed by atoms with Gasteiger partial charge in [-0.2, -0.15) is 21.6 Å². The van der Waals surface area contributed by atoms with Gasteiger partial charge in [0.1, 0.15) is 11.2 Å². The van der Waals surface area contributed by atoms with Crippen LogP contribution in [0.2, 0.25) is 0 Å². The number of carbonyl (C=O) groups excluding carboxylic acids is 1. The summed E-state index contributed by atoms with van der Waals surface area (Å²) in [5.41, 5.74) is -8.63. The zero-order valence-corrected chi connectivity index (χ0v) is 14.5. The van der Waals surface area contributed by atoms with Gasteiger partial charge in [-0.3, -0.25) is 14.9 Å². The topological polar surface area (TPSA) is 104 Å². The number of halogens is 3. The highest BCUT2D eigenvalue weighted by Gasteiger charge is 2.55. The molecule has 0 fully saturated rings. The minimum absolute atomic E-state index is 0.0684. The van der Waals surface area contributed by atoms with Crippen LogP contribution in [0.25, 0.3) is 0 Å². The Bertz CT molecular complexity index is 922. The van der Waals surface area contributed by atoms with Gasteiger partial charge in [-0.15, -0.1) is 6.58 Å². The quantitative estimate of drug-likeness (QED) is 0.236. The molecule has 0 aromatic heterocycles. The van der Waals surface area contributed by atoms with Crippen molar-refractivity contribution in [2.24, 2.45) is 0 Å². The van der Waals surface area contributed by atoms with E-state index in [-0.39, 0.29) is 24.8 Å². The number of hydrogen-bond donors (Lipinski definition) is 0. The number of hydrogen-bond acceptors (Lipinski definition) is 6.